The van der Waals surface area contributed by atoms with Gasteiger partial charge in [0.1, 0.15) is 11.5 Å². The fraction of sp³-hybridized carbons (Fsp3) is 0.316. The van der Waals surface area contributed by atoms with Crippen molar-refractivity contribution in [3.05, 3.63) is 65.0 Å². The highest BCUT2D eigenvalue weighted by Gasteiger charge is 2.31. The van der Waals surface area contributed by atoms with Gasteiger partial charge in [0, 0.05) is 19.6 Å². The lowest BCUT2D eigenvalue weighted by molar-refractivity contribution is -0.124. The average molecular weight is 326 g/mol. The lowest BCUT2D eigenvalue weighted by Crippen LogP contribution is -2.36. The van der Waals surface area contributed by atoms with Crippen molar-refractivity contribution in [1.29, 1.82) is 0 Å². The Morgan fingerprint density at radius 3 is 2.71 bits per heavy atom. The van der Waals surface area contributed by atoms with Crippen LogP contribution in [0.2, 0.25) is 0 Å². The maximum atomic E-state index is 14.0. The number of halogens is 1. The normalized spacial score (nSPS) is 17.0. The smallest absolute Gasteiger partial charge is 0.255 e. The Balaban J connectivity index is 1.37. The van der Waals surface area contributed by atoms with Crippen LogP contribution in [0.1, 0.15) is 16.7 Å². The average Bonchev–Trinajstić information content (AvgIpc) is 2.92. The van der Waals surface area contributed by atoms with Crippen LogP contribution in [0.3, 0.4) is 0 Å². The van der Waals surface area contributed by atoms with Crippen molar-refractivity contribution in [2.24, 2.45) is 0 Å². The maximum absolute atomic E-state index is 14.0. The van der Waals surface area contributed by atoms with Crippen LogP contribution < -0.4 is 5.06 Å². The minimum Gasteiger partial charge on any atom is -0.296 e. The van der Waals surface area contributed by atoms with Gasteiger partial charge in [-0.05, 0) is 29.2 Å². The Hall–Kier alpha value is -2.24. The van der Waals surface area contributed by atoms with Crippen LogP contribution in [0.25, 0.3) is 0 Å². The number of carbonyl (C=O) groups is 1. The Morgan fingerprint density at radius 1 is 1.04 bits per heavy atom. The lowest BCUT2D eigenvalue weighted by Gasteiger charge is -2.29. The Morgan fingerprint density at radius 2 is 1.83 bits per heavy atom. The summed E-state index contributed by atoms with van der Waals surface area (Å²) < 4.78 is 14.0. The number of carbonyl (C=O) groups excluding carboxylic acids is 1. The molecule has 0 unspecified atom stereocenters. The standard InChI is InChI=1S/C19H19FN2O2/c20-17-7-3-6-15-12-18(23)22(19(15)17)24-11-10-21-9-8-14-4-1-2-5-16(14)13-21/h1-7H,8-13H2. The van der Waals surface area contributed by atoms with Crippen LogP contribution >= 0.6 is 0 Å². The van der Waals surface area contributed by atoms with Crippen molar-refractivity contribution in [1.82, 2.24) is 4.90 Å². The van der Waals surface area contributed by atoms with Gasteiger partial charge in [-0.1, -0.05) is 36.4 Å². The molecule has 2 aromatic rings. The molecule has 5 heteroatoms. The highest BCUT2D eigenvalue weighted by Crippen LogP contribution is 2.31. The fourth-order valence-corrected chi connectivity index (χ4v) is 3.43. The van der Waals surface area contributed by atoms with E-state index in [1.807, 2.05) is 0 Å². The van der Waals surface area contributed by atoms with Gasteiger partial charge in [-0.25, -0.2) is 4.39 Å². The molecule has 0 spiro atoms. The highest BCUT2D eigenvalue weighted by atomic mass is 19.1. The summed E-state index contributed by atoms with van der Waals surface area (Å²) in [4.78, 5) is 20.0. The van der Waals surface area contributed by atoms with E-state index in [0.717, 1.165) is 24.6 Å². The first-order valence-corrected chi connectivity index (χ1v) is 8.25. The molecule has 0 aromatic heterocycles. The second-order valence-electron chi connectivity index (χ2n) is 6.24. The number of rotatable bonds is 4. The quantitative estimate of drug-likeness (QED) is 0.866. The van der Waals surface area contributed by atoms with E-state index in [1.165, 1.54) is 17.2 Å². The monoisotopic (exact) mass is 326 g/mol. The van der Waals surface area contributed by atoms with Gasteiger partial charge in [0.2, 0.25) is 0 Å². The van der Waals surface area contributed by atoms with Crippen molar-refractivity contribution in [2.75, 3.05) is 24.8 Å². The summed E-state index contributed by atoms with van der Waals surface area (Å²) in [6.07, 6.45) is 1.22. The fourth-order valence-electron chi connectivity index (χ4n) is 3.43. The summed E-state index contributed by atoms with van der Waals surface area (Å²) in [6.45, 7) is 2.93. The number of fused-ring (bicyclic) bond motifs is 2. The number of hydroxylamine groups is 1. The van der Waals surface area contributed by atoms with Gasteiger partial charge >= 0.3 is 0 Å². The van der Waals surface area contributed by atoms with Crippen molar-refractivity contribution < 1.29 is 14.0 Å². The summed E-state index contributed by atoms with van der Waals surface area (Å²) >= 11 is 0. The van der Waals surface area contributed by atoms with Gasteiger partial charge in [-0.15, -0.1) is 0 Å². The van der Waals surface area contributed by atoms with E-state index in [0.29, 0.717) is 18.7 Å². The van der Waals surface area contributed by atoms with E-state index in [4.69, 9.17) is 4.84 Å². The van der Waals surface area contributed by atoms with Gasteiger partial charge in [0.25, 0.3) is 5.91 Å². The highest BCUT2D eigenvalue weighted by molar-refractivity contribution is 5.99. The van der Waals surface area contributed by atoms with Gasteiger partial charge in [-0.2, -0.15) is 5.06 Å². The summed E-state index contributed by atoms with van der Waals surface area (Å²) in [5.74, 6) is -0.621. The molecule has 4 rings (SSSR count). The number of para-hydroxylation sites is 1. The van der Waals surface area contributed by atoms with E-state index in [-0.39, 0.29) is 18.0 Å². The molecular weight excluding hydrogens is 307 g/mol. The molecule has 0 bridgehead atoms. The zero-order valence-corrected chi connectivity index (χ0v) is 13.4. The zero-order chi connectivity index (χ0) is 16.5. The predicted octanol–water partition coefficient (Wildman–Crippen LogP) is 2.70. The van der Waals surface area contributed by atoms with Crippen molar-refractivity contribution in [3.8, 4) is 0 Å². The number of amides is 1. The maximum Gasteiger partial charge on any atom is 0.255 e. The second kappa shape index (κ2) is 6.34. The lowest BCUT2D eigenvalue weighted by atomic mass is 10.0. The van der Waals surface area contributed by atoms with E-state index in [2.05, 4.69) is 29.2 Å². The van der Waals surface area contributed by atoms with Gasteiger partial charge in [0.15, 0.2) is 0 Å². The predicted molar refractivity (Wildman–Crippen MR) is 89.0 cm³/mol. The van der Waals surface area contributed by atoms with Crippen molar-refractivity contribution >= 4 is 11.6 Å². The Labute approximate surface area is 140 Å². The van der Waals surface area contributed by atoms with Crippen LogP contribution in [-0.4, -0.2) is 30.5 Å². The number of hydrogen-bond acceptors (Lipinski definition) is 3. The third kappa shape index (κ3) is 2.81. The first kappa shape index (κ1) is 15.3. The minimum absolute atomic E-state index is 0.199. The van der Waals surface area contributed by atoms with E-state index < -0.39 is 5.82 Å². The third-order valence-corrected chi connectivity index (χ3v) is 4.68. The van der Waals surface area contributed by atoms with Crippen LogP contribution in [0.4, 0.5) is 10.1 Å². The van der Waals surface area contributed by atoms with Crippen molar-refractivity contribution in [2.45, 2.75) is 19.4 Å². The van der Waals surface area contributed by atoms with Crippen LogP contribution in [0, 0.1) is 5.82 Å². The molecule has 24 heavy (non-hydrogen) atoms. The SMILES string of the molecule is O=C1Cc2cccc(F)c2N1OCCN1CCc2ccccc2C1. The van der Waals surface area contributed by atoms with E-state index in [1.54, 1.807) is 12.1 Å². The molecule has 0 aliphatic carbocycles. The molecule has 0 radical (unpaired) electrons. The van der Waals surface area contributed by atoms with E-state index in [9.17, 15) is 9.18 Å². The van der Waals surface area contributed by atoms with Gasteiger partial charge < -0.3 is 0 Å². The molecule has 4 nitrogen and oxygen atoms in total. The molecule has 0 saturated heterocycles. The molecule has 0 fully saturated rings. The first-order valence-electron chi connectivity index (χ1n) is 8.25. The van der Waals surface area contributed by atoms with Crippen LogP contribution in [0.5, 0.6) is 0 Å². The van der Waals surface area contributed by atoms with Gasteiger partial charge in [0.05, 0.1) is 13.0 Å². The van der Waals surface area contributed by atoms with Crippen molar-refractivity contribution in [3.63, 3.8) is 0 Å². The molecular formula is C19H19FN2O2. The Kier molecular flexibility index (Phi) is 4.04. The molecule has 2 aliphatic heterocycles. The molecule has 0 atom stereocenters. The number of nitrogens with zero attached hydrogens (tertiary/aromatic N) is 2. The van der Waals surface area contributed by atoms with Gasteiger partial charge in [-0.3, -0.25) is 14.5 Å². The topological polar surface area (TPSA) is 32.8 Å². The summed E-state index contributed by atoms with van der Waals surface area (Å²) in [7, 11) is 0. The molecule has 0 saturated carbocycles. The number of benzene rings is 2. The van der Waals surface area contributed by atoms with Crippen LogP contribution in [-0.2, 0) is 29.0 Å². The number of hydrogen-bond donors (Lipinski definition) is 0. The summed E-state index contributed by atoms with van der Waals surface area (Å²) in [5, 5.41) is 1.13. The molecule has 1 amide bonds. The summed E-state index contributed by atoms with van der Waals surface area (Å²) in [5.41, 5.74) is 3.70. The largest absolute Gasteiger partial charge is 0.296 e. The second-order valence-corrected chi connectivity index (χ2v) is 6.24. The Bertz CT molecular complexity index is 778. The first-order chi connectivity index (χ1) is 11.7. The molecule has 0 N–H and O–H groups in total. The molecule has 124 valence electrons. The zero-order valence-electron chi connectivity index (χ0n) is 13.4. The number of anilines is 1. The minimum atomic E-state index is -0.412. The van der Waals surface area contributed by atoms with E-state index >= 15 is 0 Å². The van der Waals surface area contributed by atoms with Crippen LogP contribution in [0.15, 0.2) is 42.5 Å². The summed E-state index contributed by atoms with van der Waals surface area (Å²) in [6, 6.07) is 13.2. The molecule has 2 aliphatic rings. The molecule has 2 aromatic carbocycles. The third-order valence-electron chi connectivity index (χ3n) is 4.68. The molecule has 2 heterocycles.